The lowest BCUT2D eigenvalue weighted by atomic mass is 10.3. The van der Waals surface area contributed by atoms with E-state index < -0.39 is 0 Å². The molecule has 0 unspecified atom stereocenters. The zero-order chi connectivity index (χ0) is 9.68. The van der Waals surface area contributed by atoms with Crippen molar-refractivity contribution >= 4 is 5.69 Å². The molecule has 0 bridgehead atoms. The smallest absolute Gasteiger partial charge is 0.148 e. The quantitative estimate of drug-likeness (QED) is 0.559. The van der Waals surface area contributed by atoms with Crippen LogP contribution < -0.4 is 15.2 Å². The Kier molecular flexibility index (Phi) is 3.04. The molecular formula is C10H11NO2. The van der Waals surface area contributed by atoms with Gasteiger partial charge in [0.1, 0.15) is 18.1 Å². The van der Waals surface area contributed by atoms with Crippen LogP contribution in [0.15, 0.2) is 18.2 Å². The van der Waals surface area contributed by atoms with E-state index >= 15 is 0 Å². The normalized spacial score (nSPS) is 8.92. The molecule has 0 aliphatic heterocycles. The molecule has 0 aliphatic rings. The second kappa shape index (κ2) is 4.27. The number of benzene rings is 1. The standard InChI is InChI=1S/C10H11NO2/c1-3-6-13-10-7-8(12-2)4-5-9(10)11/h1,4-5,7H,6,11H2,2H3. The first-order valence-corrected chi connectivity index (χ1v) is 3.77. The summed E-state index contributed by atoms with van der Waals surface area (Å²) in [5.41, 5.74) is 6.19. The van der Waals surface area contributed by atoms with Crippen molar-refractivity contribution in [3.63, 3.8) is 0 Å². The lowest BCUT2D eigenvalue weighted by Crippen LogP contribution is -1.98. The Hall–Kier alpha value is -1.82. The van der Waals surface area contributed by atoms with Gasteiger partial charge in [-0.15, -0.1) is 6.42 Å². The summed E-state index contributed by atoms with van der Waals surface area (Å²) in [7, 11) is 1.58. The van der Waals surface area contributed by atoms with Crippen molar-refractivity contribution in [3.05, 3.63) is 18.2 Å². The maximum atomic E-state index is 5.64. The Morgan fingerprint density at radius 3 is 2.92 bits per heavy atom. The molecule has 3 heteroatoms. The van der Waals surface area contributed by atoms with E-state index in [1.54, 1.807) is 25.3 Å². The molecule has 13 heavy (non-hydrogen) atoms. The topological polar surface area (TPSA) is 44.5 Å². The predicted molar refractivity (Wildman–Crippen MR) is 51.7 cm³/mol. The van der Waals surface area contributed by atoms with Crippen LogP contribution in [0.3, 0.4) is 0 Å². The summed E-state index contributed by atoms with van der Waals surface area (Å²) in [6.45, 7) is 0.206. The van der Waals surface area contributed by atoms with E-state index in [9.17, 15) is 0 Å². The van der Waals surface area contributed by atoms with Crippen molar-refractivity contribution in [1.29, 1.82) is 0 Å². The van der Waals surface area contributed by atoms with E-state index in [-0.39, 0.29) is 6.61 Å². The fraction of sp³-hybridized carbons (Fsp3) is 0.200. The lowest BCUT2D eigenvalue weighted by Gasteiger charge is -2.07. The van der Waals surface area contributed by atoms with E-state index in [1.165, 1.54) is 0 Å². The summed E-state index contributed by atoms with van der Waals surface area (Å²) in [4.78, 5) is 0. The van der Waals surface area contributed by atoms with E-state index in [2.05, 4.69) is 5.92 Å². The van der Waals surface area contributed by atoms with Crippen LogP contribution in [0.4, 0.5) is 5.69 Å². The lowest BCUT2D eigenvalue weighted by molar-refractivity contribution is 0.365. The van der Waals surface area contributed by atoms with Gasteiger partial charge < -0.3 is 15.2 Å². The number of hydrogen-bond acceptors (Lipinski definition) is 3. The van der Waals surface area contributed by atoms with Gasteiger partial charge in [-0.2, -0.15) is 0 Å². The van der Waals surface area contributed by atoms with Gasteiger partial charge in [0.15, 0.2) is 0 Å². The Morgan fingerprint density at radius 2 is 2.31 bits per heavy atom. The van der Waals surface area contributed by atoms with Gasteiger partial charge in [-0.25, -0.2) is 0 Å². The van der Waals surface area contributed by atoms with Crippen LogP contribution >= 0.6 is 0 Å². The number of nitrogen functional groups attached to an aromatic ring is 1. The van der Waals surface area contributed by atoms with Crippen molar-refractivity contribution in [2.45, 2.75) is 0 Å². The molecule has 1 aromatic carbocycles. The van der Waals surface area contributed by atoms with Crippen LogP contribution in [0, 0.1) is 12.3 Å². The first-order chi connectivity index (χ1) is 6.27. The molecule has 0 atom stereocenters. The summed E-state index contributed by atoms with van der Waals surface area (Å²) >= 11 is 0. The molecule has 0 saturated heterocycles. The second-order valence-electron chi connectivity index (χ2n) is 2.40. The van der Waals surface area contributed by atoms with Crippen molar-refractivity contribution in [3.8, 4) is 23.8 Å². The minimum atomic E-state index is 0.206. The highest BCUT2D eigenvalue weighted by molar-refractivity contribution is 5.55. The highest BCUT2D eigenvalue weighted by Crippen LogP contribution is 2.26. The molecule has 0 spiro atoms. The fourth-order valence-corrected chi connectivity index (χ4v) is 0.886. The third-order valence-corrected chi connectivity index (χ3v) is 1.53. The third-order valence-electron chi connectivity index (χ3n) is 1.53. The number of anilines is 1. The second-order valence-corrected chi connectivity index (χ2v) is 2.40. The molecule has 1 rings (SSSR count). The first-order valence-electron chi connectivity index (χ1n) is 3.77. The fourth-order valence-electron chi connectivity index (χ4n) is 0.886. The third kappa shape index (κ3) is 2.31. The van der Waals surface area contributed by atoms with Gasteiger partial charge in [0.05, 0.1) is 12.8 Å². The van der Waals surface area contributed by atoms with E-state index in [0.717, 1.165) is 0 Å². The van der Waals surface area contributed by atoms with Crippen LogP contribution in [-0.2, 0) is 0 Å². The van der Waals surface area contributed by atoms with Crippen molar-refractivity contribution < 1.29 is 9.47 Å². The number of ether oxygens (including phenoxy) is 2. The van der Waals surface area contributed by atoms with Gasteiger partial charge in [0.2, 0.25) is 0 Å². The summed E-state index contributed by atoms with van der Waals surface area (Å²) < 4.78 is 10.2. The number of nitrogens with two attached hydrogens (primary N) is 1. The van der Waals surface area contributed by atoms with Gasteiger partial charge >= 0.3 is 0 Å². The zero-order valence-electron chi connectivity index (χ0n) is 7.41. The molecule has 0 amide bonds. The maximum Gasteiger partial charge on any atom is 0.148 e. The molecule has 0 aromatic heterocycles. The average Bonchev–Trinajstić information content (AvgIpc) is 2.17. The van der Waals surface area contributed by atoms with Crippen molar-refractivity contribution in [1.82, 2.24) is 0 Å². The minimum absolute atomic E-state index is 0.206. The Bertz CT molecular complexity index is 328. The molecular weight excluding hydrogens is 166 g/mol. The highest BCUT2D eigenvalue weighted by atomic mass is 16.5. The van der Waals surface area contributed by atoms with Crippen LogP contribution in [0.1, 0.15) is 0 Å². The molecule has 68 valence electrons. The Balaban J connectivity index is 2.85. The first kappa shape index (κ1) is 9.27. The van der Waals surface area contributed by atoms with Gasteiger partial charge in [-0.3, -0.25) is 0 Å². The molecule has 0 fully saturated rings. The summed E-state index contributed by atoms with van der Waals surface area (Å²) in [5.74, 6) is 3.61. The van der Waals surface area contributed by atoms with Gasteiger partial charge in [-0.1, -0.05) is 5.92 Å². The van der Waals surface area contributed by atoms with Crippen LogP contribution in [0.2, 0.25) is 0 Å². The van der Waals surface area contributed by atoms with E-state index in [1.807, 2.05) is 0 Å². The Labute approximate surface area is 77.5 Å². The number of hydrogen-bond donors (Lipinski definition) is 1. The number of rotatable bonds is 3. The van der Waals surface area contributed by atoms with E-state index in [4.69, 9.17) is 21.6 Å². The van der Waals surface area contributed by atoms with Crippen LogP contribution in [0.5, 0.6) is 11.5 Å². The minimum Gasteiger partial charge on any atom is -0.497 e. The summed E-state index contributed by atoms with van der Waals surface area (Å²) in [6, 6.07) is 5.18. The SMILES string of the molecule is C#CCOc1cc(OC)ccc1N. The zero-order valence-corrected chi connectivity index (χ0v) is 7.41. The molecule has 0 heterocycles. The molecule has 0 radical (unpaired) electrons. The van der Waals surface area contributed by atoms with Gasteiger partial charge in [0.25, 0.3) is 0 Å². The number of methoxy groups -OCH3 is 1. The van der Waals surface area contributed by atoms with Crippen LogP contribution in [0.25, 0.3) is 0 Å². The molecule has 0 aliphatic carbocycles. The highest BCUT2D eigenvalue weighted by Gasteiger charge is 2.01. The maximum absolute atomic E-state index is 5.64. The largest absolute Gasteiger partial charge is 0.497 e. The van der Waals surface area contributed by atoms with Crippen LogP contribution in [-0.4, -0.2) is 13.7 Å². The van der Waals surface area contributed by atoms with Crippen molar-refractivity contribution in [2.75, 3.05) is 19.5 Å². The van der Waals surface area contributed by atoms with Gasteiger partial charge in [0, 0.05) is 6.07 Å². The van der Waals surface area contributed by atoms with Gasteiger partial charge in [-0.05, 0) is 12.1 Å². The molecule has 2 N–H and O–H groups in total. The summed E-state index contributed by atoms with van der Waals surface area (Å²) in [5, 5.41) is 0. The molecule has 3 nitrogen and oxygen atoms in total. The Morgan fingerprint density at radius 1 is 1.54 bits per heavy atom. The summed E-state index contributed by atoms with van der Waals surface area (Å²) in [6.07, 6.45) is 5.05. The molecule has 0 saturated carbocycles. The average molecular weight is 177 g/mol. The monoisotopic (exact) mass is 177 g/mol. The van der Waals surface area contributed by atoms with E-state index in [0.29, 0.717) is 17.2 Å². The molecule has 1 aromatic rings. The number of terminal acetylenes is 1. The predicted octanol–water partition coefficient (Wildman–Crippen LogP) is 1.29. The van der Waals surface area contributed by atoms with Crippen molar-refractivity contribution in [2.24, 2.45) is 0 Å².